The third-order valence-corrected chi connectivity index (χ3v) is 7.94. The van der Waals surface area contributed by atoms with E-state index in [1.165, 1.54) is 24.1 Å². The summed E-state index contributed by atoms with van der Waals surface area (Å²) >= 11 is 0. The topological polar surface area (TPSA) is 96.0 Å². The molecular formula is C29H35N3O5S. The van der Waals surface area contributed by atoms with Crippen LogP contribution < -0.4 is 14.4 Å². The van der Waals surface area contributed by atoms with Crippen molar-refractivity contribution in [1.29, 1.82) is 0 Å². The zero-order valence-electron chi connectivity index (χ0n) is 22.3. The van der Waals surface area contributed by atoms with Gasteiger partial charge in [-0.05, 0) is 62.2 Å². The molecule has 0 radical (unpaired) electrons. The monoisotopic (exact) mass is 537 g/mol. The van der Waals surface area contributed by atoms with Gasteiger partial charge >= 0.3 is 0 Å². The fourth-order valence-electron chi connectivity index (χ4n) is 4.11. The van der Waals surface area contributed by atoms with Crippen LogP contribution in [0.15, 0.2) is 83.8 Å². The molecule has 0 saturated heterocycles. The van der Waals surface area contributed by atoms with Gasteiger partial charge in [0.25, 0.3) is 10.0 Å². The Balaban J connectivity index is 2.03. The van der Waals surface area contributed by atoms with Crippen LogP contribution in [0.5, 0.6) is 5.75 Å². The van der Waals surface area contributed by atoms with E-state index in [1.54, 1.807) is 36.4 Å². The Hall–Kier alpha value is -3.85. The molecule has 3 rings (SSSR count). The number of hydrogen-bond donors (Lipinski definition) is 1. The number of likely N-dealkylation sites (N-methyl/N-ethyl adjacent to an activating group) is 1. The predicted octanol–water partition coefficient (Wildman–Crippen LogP) is 4.14. The van der Waals surface area contributed by atoms with Gasteiger partial charge < -0.3 is 15.0 Å². The summed E-state index contributed by atoms with van der Waals surface area (Å²) in [7, 11) is -2.61. The molecule has 0 saturated carbocycles. The highest BCUT2D eigenvalue weighted by Crippen LogP contribution is 2.26. The molecule has 202 valence electrons. The molecule has 3 aromatic rings. The molecule has 0 aliphatic rings. The van der Waals surface area contributed by atoms with Gasteiger partial charge in [-0.25, -0.2) is 8.42 Å². The Kier molecular flexibility index (Phi) is 9.90. The molecule has 1 N–H and O–H groups in total. The number of benzene rings is 3. The van der Waals surface area contributed by atoms with E-state index in [2.05, 4.69) is 5.32 Å². The number of ether oxygens (including phenoxy) is 1. The lowest BCUT2D eigenvalue weighted by molar-refractivity contribution is -0.140. The molecule has 0 aromatic heterocycles. The van der Waals surface area contributed by atoms with Crippen molar-refractivity contribution in [3.05, 3.63) is 90.0 Å². The number of nitrogens with one attached hydrogen (secondary N) is 1. The van der Waals surface area contributed by atoms with Crippen molar-refractivity contribution in [3.63, 3.8) is 0 Å². The van der Waals surface area contributed by atoms with E-state index >= 15 is 0 Å². The maximum absolute atomic E-state index is 13.9. The minimum absolute atomic E-state index is 0.0299. The molecule has 0 aliphatic carbocycles. The van der Waals surface area contributed by atoms with E-state index in [-0.39, 0.29) is 17.3 Å². The van der Waals surface area contributed by atoms with Crippen molar-refractivity contribution in [3.8, 4) is 5.75 Å². The van der Waals surface area contributed by atoms with Crippen LogP contribution in [-0.2, 0) is 26.2 Å². The van der Waals surface area contributed by atoms with Gasteiger partial charge in [0, 0.05) is 13.6 Å². The van der Waals surface area contributed by atoms with Crippen LogP contribution in [0.2, 0.25) is 0 Å². The summed E-state index contributed by atoms with van der Waals surface area (Å²) in [5, 5.41) is 2.62. The number of rotatable bonds is 12. The largest absolute Gasteiger partial charge is 0.494 e. The second-order valence-corrected chi connectivity index (χ2v) is 10.7. The average Bonchev–Trinajstić information content (AvgIpc) is 2.93. The Morgan fingerprint density at radius 1 is 0.921 bits per heavy atom. The van der Waals surface area contributed by atoms with Gasteiger partial charge in [-0.15, -0.1) is 0 Å². The van der Waals surface area contributed by atoms with Crippen molar-refractivity contribution in [2.24, 2.45) is 0 Å². The van der Waals surface area contributed by atoms with Gasteiger partial charge in [0.1, 0.15) is 18.3 Å². The lowest BCUT2D eigenvalue weighted by Gasteiger charge is -2.33. The van der Waals surface area contributed by atoms with E-state index in [0.29, 0.717) is 24.5 Å². The molecule has 0 spiro atoms. The van der Waals surface area contributed by atoms with E-state index < -0.39 is 28.5 Å². The first kappa shape index (κ1) is 28.7. The third-order valence-electron chi connectivity index (χ3n) is 6.15. The highest BCUT2D eigenvalue weighted by atomic mass is 32.2. The van der Waals surface area contributed by atoms with Crippen LogP contribution in [0.1, 0.15) is 31.4 Å². The third kappa shape index (κ3) is 6.92. The van der Waals surface area contributed by atoms with E-state index in [9.17, 15) is 18.0 Å². The van der Waals surface area contributed by atoms with Crippen molar-refractivity contribution >= 4 is 27.5 Å². The number of anilines is 1. The minimum atomic E-state index is -4.13. The van der Waals surface area contributed by atoms with Crippen LogP contribution in [0.3, 0.4) is 0 Å². The van der Waals surface area contributed by atoms with Gasteiger partial charge in [0.2, 0.25) is 11.8 Å². The zero-order valence-corrected chi connectivity index (χ0v) is 23.1. The van der Waals surface area contributed by atoms with Gasteiger partial charge in [-0.2, -0.15) is 0 Å². The molecular weight excluding hydrogens is 502 g/mol. The standard InChI is InChI=1S/C29H35N3O5S/c1-5-27(29(34)30-4)31(20-23-10-8-7-9-11-23)28(33)21-32(24-14-12-22(3)13-15-24)38(35,36)26-18-16-25(17-19-26)37-6-2/h7-19,27H,5-6,20-21H2,1-4H3,(H,30,34)/t27-/m0/s1. The summed E-state index contributed by atoms with van der Waals surface area (Å²) in [6.45, 7) is 5.71. The summed E-state index contributed by atoms with van der Waals surface area (Å²) in [4.78, 5) is 28.1. The molecule has 3 aromatic carbocycles. The maximum atomic E-state index is 13.9. The lowest BCUT2D eigenvalue weighted by Crippen LogP contribution is -2.51. The first-order valence-corrected chi connectivity index (χ1v) is 14.0. The number of carbonyl (C=O) groups is 2. The quantitative estimate of drug-likeness (QED) is 0.375. The average molecular weight is 538 g/mol. The van der Waals surface area contributed by atoms with Gasteiger partial charge in [-0.1, -0.05) is 55.0 Å². The first-order valence-electron chi connectivity index (χ1n) is 12.6. The van der Waals surface area contributed by atoms with Crippen LogP contribution in [0, 0.1) is 6.92 Å². The summed E-state index contributed by atoms with van der Waals surface area (Å²) in [5.41, 5.74) is 2.14. The number of hydrogen-bond acceptors (Lipinski definition) is 5. The molecule has 0 heterocycles. The van der Waals surface area contributed by atoms with Crippen molar-refractivity contribution in [2.75, 3.05) is 24.5 Å². The SMILES string of the molecule is CCOc1ccc(S(=O)(=O)N(CC(=O)N(Cc2ccccc2)[C@@H](CC)C(=O)NC)c2ccc(C)cc2)cc1. The molecule has 38 heavy (non-hydrogen) atoms. The summed E-state index contributed by atoms with van der Waals surface area (Å²) in [6.07, 6.45) is 0.369. The molecule has 0 aliphatic heterocycles. The van der Waals surface area contributed by atoms with Crippen molar-refractivity contribution < 1.29 is 22.7 Å². The van der Waals surface area contributed by atoms with Crippen LogP contribution in [-0.4, -0.2) is 51.4 Å². The molecule has 1 atom stereocenters. The number of aryl methyl sites for hydroxylation is 1. The Morgan fingerprint density at radius 2 is 1.55 bits per heavy atom. The number of nitrogens with zero attached hydrogens (tertiary/aromatic N) is 2. The Morgan fingerprint density at radius 3 is 2.11 bits per heavy atom. The van der Waals surface area contributed by atoms with Gasteiger partial charge in [0.15, 0.2) is 0 Å². The lowest BCUT2D eigenvalue weighted by atomic mass is 10.1. The fraction of sp³-hybridized carbons (Fsp3) is 0.310. The normalized spacial score (nSPS) is 11.9. The number of carbonyl (C=O) groups excluding carboxylic acids is 2. The van der Waals surface area contributed by atoms with Crippen LogP contribution >= 0.6 is 0 Å². The predicted molar refractivity (Wildman–Crippen MR) is 148 cm³/mol. The fourth-order valence-corrected chi connectivity index (χ4v) is 5.52. The minimum Gasteiger partial charge on any atom is -0.494 e. The highest BCUT2D eigenvalue weighted by Gasteiger charge is 2.33. The zero-order chi connectivity index (χ0) is 27.7. The Bertz CT molecular complexity index is 1310. The second kappa shape index (κ2) is 13.1. The highest BCUT2D eigenvalue weighted by molar-refractivity contribution is 7.92. The Labute approximate surface area is 225 Å². The molecule has 0 fully saturated rings. The maximum Gasteiger partial charge on any atom is 0.264 e. The van der Waals surface area contributed by atoms with Crippen molar-refractivity contribution in [2.45, 2.75) is 44.7 Å². The van der Waals surface area contributed by atoms with Crippen molar-refractivity contribution in [1.82, 2.24) is 10.2 Å². The van der Waals surface area contributed by atoms with E-state index in [4.69, 9.17) is 4.74 Å². The van der Waals surface area contributed by atoms with Crippen LogP contribution in [0.4, 0.5) is 5.69 Å². The second-order valence-electron chi connectivity index (χ2n) is 8.80. The van der Waals surface area contributed by atoms with Gasteiger partial charge in [-0.3, -0.25) is 13.9 Å². The van der Waals surface area contributed by atoms with E-state index in [1.807, 2.05) is 51.1 Å². The molecule has 0 bridgehead atoms. The summed E-state index contributed by atoms with van der Waals surface area (Å²) in [6, 6.07) is 21.6. The summed E-state index contributed by atoms with van der Waals surface area (Å²) < 4.78 is 34.3. The number of amides is 2. The van der Waals surface area contributed by atoms with Crippen LogP contribution in [0.25, 0.3) is 0 Å². The summed E-state index contributed by atoms with van der Waals surface area (Å²) in [5.74, 6) is -0.248. The first-order chi connectivity index (χ1) is 18.2. The molecule has 0 unspecified atom stereocenters. The molecule has 2 amide bonds. The van der Waals surface area contributed by atoms with Gasteiger partial charge in [0.05, 0.1) is 17.2 Å². The smallest absolute Gasteiger partial charge is 0.264 e. The number of sulfonamides is 1. The van der Waals surface area contributed by atoms with E-state index in [0.717, 1.165) is 15.4 Å². The molecule has 9 heteroatoms. The molecule has 8 nitrogen and oxygen atoms in total.